The summed E-state index contributed by atoms with van der Waals surface area (Å²) in [4.78, 5) is 27.5. The molecule has 0 amide bonds. The number of nitrogens with one attached hydrogen (secondary N) is 1. The van der Waals surface area contributed by atoms with Crippen molar-refractivity contribution in [2.45, 2.75) is 19.4 Å². The highest BCUT2D eigenvalue weighted by Gasteiger charge is 2.27. The first-order valence-corrected chi connectivity index (χ1v) is 12.0. The van der Waals surface area contributed by atoms with Gasteiger partial charge in [0.25, 0.3) is 0 Å². The molecule has 4 heterocycles. The second-order valence-electron chi connectivity index (χ2n) is 8.49. The molecule has 5 rings (SSSR count). The van der Waals surface area contributed by atoms with Gasteiger partial charge in [0.2, 0.25) is 5.95 Å². The minimum Gasteiger partial charge on any atom is -0.378 e. The van der Waals surface area contributed by atoms with Crippen LogP contribution in [0.4, 0.5) is 17.5 Å². The summed E-state index contributed by atoms with van der Waals surface area (Å²) in [6.45, 7) is 4.80. The van der Waals surface area contributed by atoms with Gasteiger partial charge in [0, 0.05) is 48.8 Å². The van der Waals surface area contributed by atoms with Gasteiger partial charge in [-0.1, -0.05) is 0 Å². The molecule has 0 radical (unpaired) electrons. The Bertz CT molecular complexity index is 1250. The number of hydrogen-bond acceptors (Lipinski definition) is 9. The van der Waals surface area contributed by atoms with E-state index in [1.165, 1.54) is 5.56 Å². The molecule has 11 nitrogen and oxygen atoms in total. The minimum atomic E-state index is 0.279. The second-order valence-corrected chi connectivity index (χ2v) is 8.49. The lowest BCUT2D eigenvalue weighted by molar-refractivity contribution is 0.122. The molecule has 2 aliphatic heterocycles. The third-order valence-electron chi connectivity index (χ3n) is 6.11. The highest BCUT2D eigenvalue weighted by atomic mass is 16.5. The van der Waals surface area contributed by atoms with E-state index in [2.05, 4.69) is 30.1 Å². The average molecular weight is 485 g/mol. The molecule has 0 aliphatic carbocycles. The van der Waals surface area contributed by atoms with Gasteiger partial charge in [-0.3, -0.25) is 4.99 Å². The Labute approximate surface area is 209 Å². The lowest BCUT2D eigenvalue weighted by Gasteiger charge is -2.34. The van der Waals surface area contributed by atoms with Gasteiger partial charge < -0.3 is 25.6 Å². The van der Waals surface area contributed by atoms with E-state index in [0.29, 0.717) is 44.5 Å². The van der Waals surface area contributed by atoms with Gasteiger partial charge in [-0.05, 0) is 36.8 Å². The zero-order chi connectivity index (χ0) is 24.7. The molecule has 11 heteroatoms. The van der Waals surface area contributed by atoms with E-state index < -0.39 is 0 Å². The molecule has 36 heavy (non-hydrogen) atoms. The Morgan fingerprint density at radius 3 is 2.61 bits per heavy atom. The Morgan fingerprint density at radius 1 is 1.08 bits per heavy atom. The van der Waals surface area contributed by atoms with Gasteiger partial charge in [-0.25, -0.2) is 19.9 Å². The molecule has 2 aromatic heterocycles. The first-order chi connectivity index (χ1) is 17.7. The number of nitrogens with zero attached hydrogens (tertiary/aromatic N) is 8. The maximum atomic E-state index is 8.65. The number of aromatic nitrogens is 4. The Kier molecular flexibility index (Phi) is 7.14. The standard InChI is InChI=1S/C25H28N10O/c26-8-1-9-28-24(27)31-19-5-3-18(4-6-19)22-32-21-17-35(25-29-10-2-11-30-25)12-7-20(21)23(33-22)34-13-15-36-16-14-34/h2-6,10-11H,1,7,9,12-17H2,(H3,27,28,31). The van der Waals surface area contributed by atoms with Crippen molar-refractivity contribution in [1.82, 2.24) is 19.9 Å². The number of benzene rings is 1. The number of rotatable bonds is 6. The van der Waals surface area contributed by atoms with Gasteiger partial charge in [0.05, 0.1) is 44.5 Å². The number of nitrogens with two attached hydrogens (primary N) is 1. The smallest absolute Gasteiger partial charge is 0.225 e. The number of morpholine rings is 1. The number of ether oxygens (including phenoxy) is 1. The fourth-order valence-electron chi connectivity index (χ4n) is 4.32. The van der Waals surface area contributed by atoms with E-state index in [0.717, 1.165) is 48.8 Å². The molecule has 0 atom stereocenters. The fourth-order valence-corrected chi connectivity index (χ4v) is 4.32. The molecule has 0 spiro atoms. The number of anilines is 3. The van der Waals surface area contributed by atoms with E-state index >= 15 is 0 Å². The predicted octanol–water partition coefficient (Wildman–Crippen LogP) is 1.97. The minimum absolute atomic E-state index is 0.279. The van der Waals surface area contributed by atoms with Crippen LogP contribution in [0.5, 0.6) is 0 Å². The topological polar surface area (TPSA) is 141 Å². The van der Waals surface area contributed by atoms with Gasteiger partial charge in [0.1, 0.15) is 5.82 Å². The lowest BCUT2D eigenvalue weighted by atomic mass is 10.0. The van der Waals surface area contributed by atoms with Crippen molar-refractivity contribution in [3.05, 3.63) is 54.0 Å². The van der Waals surface area contributed by atoms with Crippen molar-refractivity contribution in [3.8, 4) is 17.5 Å². The highest BCUT2D eigenvalue weighted by Crippen LogP contribution is 2.31. The third kappa shape index (κ3) is 5.34. The van der Waals surface area contributed by atoms with E-state index in [4.69, 9.17) is 25.7 Å². The van der Waals surface area contributed by atoms with Gasteiger partial charge in [0.15, 0.2) is 11.8 Å². The molecule has 1 aromatic carbocycles. The van der Waals surface area contributed by atoms with E-state index in [1.54, 1.807) is 12.4 Å². The molecule has 0 saturated carbocycles. The second kappa shape index (κ2) is 11.0. The SMILES string of the molecule is N#CCCN=C(N)Nc1ccc(-c2nc3c(c(N4CCOCC4)n2)CCN(c2ncccn2)C3)cc1. The summed E-state index contributed by atoms with van der Waals surface area (Å²) in [6.07, 6.45) is 4.68. The van der Waals surface area contributed by atoms with Crippen molar-refractivity contribution < 1.29 is 4.74 Å². The first-order valence-electron chi connectivity index (χ1n) is 12.0. The molecular formula is C25H28N10O. The molecular weight excluding hydrogens is 456 g/mol. The van der Waals surface area contributed by atoms with Crippen molar-refractivity contribution >= 4 is 23.4 Å². The highest BCUT2D eigenvalue weighted by molar-refractivity contribution is 5.92. The lowest BCUT2D eigenvalue weighted by Crippen LogP contribution is -2.39. The molecule has 2 aliphatic rings. The van der Waals surface area contributed by atoms with Gasteiger partial charge in [-0.15, -0.1) is 0 Å². The Balaban J connectivity index is 1.43. The molecule has 3 N–H and O–H groups in total. The van der Waals surface area contributed by atoms with Gasteiger partial charge >= 0.3 is 0 Å². The first kappa shape index (κ1) is 23.4. The number of guanidine groups is 1. The molecule has 184 valence electrons. The van der Waals surface area contributed by atoms with Crippen LogP contribution >= 0.6 is 0 Å². The van der Waals surface area contributed by atoms with Crippen molar-refractivity contribution in [3.63, 3.8) is 0 Å². The Hall–Kier alpha value is -4.30. The maximum Gasteiger partial charge on any atom is 0.225 e. The Morgan fingerprint density at radius 2 is 1.86 bits per heavy atom. The van der Waals surface area contributed by atoms with Crippen LogP contribution in [0.25, 0.3) is 11.4 Å². The fraction of sp³-hybridized carbons (Fsp3) is 0.360. The number of aliphatic imine (C=N–C) groups is 1. The van der Waals surface area contributed by atoms with Crippen molar-refractivity contribution in [2.75, 3.05) is 54.5 Å². The molecule has 0 bridgehead atoms. The van der Waals surface area contributed by atoms with E-state index in [9.17, 15) is 0 Å². The van der Waals surface area contributed by atoms with Crippen molar-refractivity contribution in [1.29, 1.82) is 5.26 Å². The van der Waals surface area contributed by atoms with Crippen LogP contribution in [-0.2, 0) is 17.7 Å². The van der Waals surface area contributed by atoms with Gasteiger partial charge in [-0.2, -0.15) is 5.26 Å². The normalized spacial score (nSPS) is 15.8. The summed E-state index contributed by atoms with van der Waals surface area (Å²) in [7, 11) is 0. The van der Waals surface area contributed by atoms with Crippen LogP contribution in [0, 0.1) is 11.3 Å². The molecule has 3 aromatic rings. The zero-order valence-electron chi connectivity index (χ0n) is 20.0. The summed E-state index contributed by atoms with van der Waals surface area (Å²) < 4.78 is 5.58. The predicted molar refractivity (Wildman–Crippen MR) is 138 cm³/mol. The average Bonchev–Trinajstić information content (AvgIpc) is 2.93. The number of nitriles is 1. The summed E-state index contributed by atoms with van der Waals surface area (Å²) in [6, 6.07) is 11.6. The summed E-state index contributed by atoms with van der Waals surface area (Å²) >= 11 is 0. The monoisotopic (exact) mass is 484 g/mol. The van der Waals surface area contributed by atoms with Crippen LogP contribution in [-0.4, -0.2) is 65.3 Å². The van der Waals surface area contributed by atoms with Crippen LogP contribution in [0.2, 0.25) is 0 Å². The maximum absolute atomic E-state index is 8.65. The van der Waals surface area contributed by atoms with Crippen LogP contribution < -0.4 is 20.9 Å². The van der Waals surface area contributed by atoms with E-state index in [1.807, 2.05) is 36.4 Å². The number of fused-ring (bicyclic) bond motifs is 1. The quantitative estimate of drug-likeness (QED) is 0.303. The summed E-state index contributed by atoms with van der Waals surface area (Å²) in [5, 5.41) is 11.7. The van der Waals surface area contributed by atoms with Crippen molar-refractivity contribution in [2.24, 2.45) is 10.7 Å². The third-order valence-corrected chi connectivity index (χ3v) is 6.11. The molecule has 1 saturated heterocycles. The summed E-state index contributed by atoms with van der Waals surface area (Å²) in [5.74, 6) is 2.65. The summed E-state index contributed by atoms with van der Waals surface area (Å²) in [5.41, 5.74) is 9.80. The zero-order valence-corrected chi connectivity index (χ0v) is 20.0. The number of hydrogen-bond donors (Lipinski definition) is 2. The van der Waals surface area contributed by atoms with Crippen LogP contribution in [0.1, 0.15) is 17.7 Å². The van der Waals surface area contributed by atoms with E-state index in [-0.39, 0.29) is 5.96 Å². The molecule has 1 fully saturated rings. The molecule has 0 unspecified atom stereocenters. The van der Waals surface area contributed by atoms with Crippen LogP contribution in [0.15, 0.2) is 47.7 Å². The van der Waals surface area contributed by atoms with Crippen LogP contribution in [0.3, 0.4) is 0 Å². The largest absolute Gasteiger partial charge is 0.378 e.